The van der Waals surface area contributed by atoms with Crippen LogP contribution in [0, 0.1) is 5.92 Å². The van der Waals surface area contributed by atoms with Crippen LogP contribution in [0.2, 0.25) is 0 Å². The van der Waals surface area contributed by atoms with Gasteiger partial charge in [-0.05, 0) is 25.0 Å². The van der Waals surface area contributed by atoms with Crippen molar-refractivity contribution in [1.82, 2.24) is 20.2 Å². The summed E-state index contributed by atoms with van der Waals surface area (Å²) in [5.74, 6) is -0.196. The van der Waals surface area contributed by atoms with Gasteiger partial charge in [0.1, 0.15) is 0 Å². The Morgan fingerprint density at radius 2 is 1.92 bits per heavy atom. The summed E-state index contributed by atoms with van der Waals surface area (Å²) < 4.78 is 1.60. The third kappa shape index (κ3) is 4.60. The quantitative estimate of drug-likeness (QED) is 0.627. The van der Waals surface area contributed by atoms with Crippen molar-refractivity contribution in [1.29, 1.82) is 0 Å². The SMILES string of the molecule is CNC(=O)NC(=O)[C@H](C)Sc1nc2ccccc2c(=O)n1CC(C)C. The van der Waals surface area contributed by atoms with E-state index in [9.17, 15) is 14.4 Å². The third-order valence-electron chi connectivity index (χ3n) is 3.49. The number of carbonyl (C=O) groups is 2. The Kier molecular flexibility index (Phi) is 6.19. The van der Waals surface area contributed by atoms with Gasteiger partial charge < -0.3 is 5.32 Å². The lowest BCUT2D eigenvalue weighted by Crippen LogP contribution is -2.41. The van der Waals surface area contributed by atoms with Crippen LogP contribution in [0.5, 0.6) is 0 Å². The minimum Gasteiger partial charge on any atom is -0.341 e. The number of thioether (sulfide) groups is 1. The molecule has 134 valence electrons. The van der Waals surface area contributed by atoms with E-state index in [0.29, 0.717) is 22.6 Å². The fourth-order valence-electron chi connectivity index (χ4n) is 2.25. The molecule has 2 N–H and O–H groups in total. The first-order chi connectivity index (χ1) is 11.8. The number of carbonyl (C=O) groups excluding carboxylic acids is 2. The smallest absolute Gasteiger partial charge is 0.321 e. The number of nitrogens with one attached hydrogen (secondary N) is 2. The highest BCUT2D eigenvalue weighted by Gasteiger charge is 2.21. The molecule has 0 saturated heterocycles. The van der Waals surface area contributed by atoms with Crippen LogP contribution in [0.1, 0.15) is 20.8 Å². The zero-order valence-electron chi connectivity index (χ0n) is 14.7. The lowest BCUT2D eigenvalue weighted by atomic mass is 10.2. The molecule has 1 atom stereocenters. The van der Waals surface area contributed by atoms with E-state index in [4.69, 9.17) is 0 Å². The summed E-state index contributed by atoms with van der Waals surface area (Å²) in [6, 6.07) is 6.58. The molecule has 3 amide bonds. The van der Waals surface area contributed by atoms with E-state index in [1.54, 1.807) is 29.7 Å². The second kappa shape index (κ2) is 8.15. The summed E-state index contributed by atoms with van der Waals surface area (Å²) >= 11 is 1.16. The normalized spacial score (nSPS) is 12.2. The fraction of sp³-hybridized carbons (Fsp3) is 0.412. The largest absolute Gasteiger partial charge is 0.341 e. The molecule has 1 heterocycles. The molecule has 0 fully saturated rings. The van der Waals surface area contributed by atoms with Gasteiger partial charge in [0, 0.05) is 13.6 Å². The predicted molar refractivity (Wildman–Crippen MR) is 98.8 cm³/mol. The van der Waals surface area contributed by atoms with Gasteiger partial charge in [0.2, 0.25) is 5.91 Å². The topological polar surface area (TPSA) is 93.1 Å². The zero-order chi connectivity index (χ0) is 18.6. The van der Waals surface area contributed by atoms with Gasteiger partial charge in [0.25, 0.3) is 5.56 Å². The van der Waals surface area contributed by atoms with Crippen molar-refractivity contribution in [3.8, 4) is 0 Å². The number of aromatic nitrogens is 2. The van der Waals surface area contributed by atoms with Crippen LogP contribution in [0.15, 0.2) is 34.2 Å². The minimum absolute atomic E-state index is 0.124. The van der Waals surface area contributed by atoms with Crippen LogP contribution in [0.4, 0.5) is 4.79 Å². The lowest BCUT2D eigenvalue weighted by Gasteiger charge is -2.17. The molecule has 2 aromatic rings. The number of benzene rings is 1. The average Bonchev–Trinajstić information content (AvgIpc) is 2.57. The van der Waals surface area contributed by atoms with Crippen molar-refractivity contribution in [3.05, 3.63) is 34.6 Å². The highest BCUT2D eigenvalue weighted by molar-refractivity contribution is 8.00. The Hall–Kier alpha value is -2.35. The van der Waals surface area contributed by atoms with E-state index in [1.165, 1.54) is 7.05 Å². The van der Waals surface area contributed by atoms with Crippen LogP contribution >= 0.6 is 11.8 Å². The number of rotatable bonds is 5. The summed E-state index contributed by atoms with van der Waals surface area (Å²) in [5.41, 5.74) is 0.467. The molecule has 0 bridgehead atoms. The van der Waals surface area contributed by atoms with Crippen molar-refractivity contribution in [3.63, 3.8) is 0 Å². The summed E-state index contributed by atoms with van der Waals surface area (Å²) in [5, 5.41) is 5.01. The molecule has 0 saturated carbocycles. The second-order valence-corrected chi connectivity index (χ2v) is 7.36. The van der Waals surface area contributed by atoms with Gasteiger partial charge in [-0.3, -0.25) is 19.5 Å². The zero-order valence-corrected chi connectivity index (χ0v) is 15.5. The first-order valence-electron chi connectivity index (χ1n) is 8.02. The van der Waals surface area contributed by atoms with Crippen LogP contribution < -0.4 is 16.2 Å². The predicted octanol–water partition coefficient (Wildman–Crippen LogP) is 1.99. The molecule has 8 heteroatoms. The molecule has 7 nitrogen and oxygen atoms in total. The van der Waals surface area contributed by atoms with E-state index >= 15 is 0 Å². The molecular formula is C17H22N4O3S. The van der Waals surface area contributed by atoms with Crippen LogP contribution in [0.3, 0.4) is 0 Å². The summed E-state index contributed by atoms with van der Waals surface area (Å²) in [6.45, 7) is 6.20. The van der Waals surface area contributed by atoms with Crippen LogP contribution in [-0.2, 0) is 11.3 Å². The Balaban J connectivity index is 2.40. The van der Waals surface area contributed by atoms with Gasteiger partial charge in [-0.25, -0.2) is 9.78 Å². The van der Waals surface area contributed by atoms with Crippen LogP contribution in [-0.4, -0.2) is 33.8 Å². The van der Waals surface area contributed by atoms with Gasteiger partial charge in [-0.15, -0.1) is 0 Å². The lowest BCUT2D eigenvalue weighted by molar-refractivity contribution is -0.119. The Labute approximate surface area is 150 Å². The number of hydrogen-bond donors (Lipinski definition) is 2. The highest BCUT2D eigenvalue weighted by atomic mass is 32.2. The number of hydrogen-bond acceptors (Lipinski definition) is 5. The van der Waals surface area contributed by atoms with Crippen molar-refractivity contribution < 1.29 is 9.59 Å². The molecule has 0 aliphatic heterocycles. The fourth-order valence-corrected chi connectivity index (χ4v) is 3.17. The third-order valence-corrected chi connectivity index (χ3v) is 4.58. The molecule has 0 aliphatic carbocycles. The van der Waals surface area contributed by atoms with Crippen molar-refractivity contribution in [2.24, 2.45) is 5.92 Å². The summed E-state index contributed by atoms with van der Waals surface area (Å²) in [7, 11) is 1.44. The molecule has 25 heavy (non-hydrogen) atoms. The summed E-state index contributed by atoms with van der Waals surface area (Å²) in [6.07, 6.45) is 0. The molecule has 0 spiro atoms. The number of imide groups is 1. The Bertz CT molecular complexity index is 847. The van der Waals surface area contributed by atoms with Crippen molar-refractivity contribution in [2.45, 2.75) is 37.7 Å². The van der Waals surface area contributed by atoms with E-state index < -0.39 is 17.2 Å². The number of nitrogens with zero attached hydrogens (tertiary/aromatic N) is 2. The molecule has 1 aromatic carbocycles. The average molecular weight is 362 g/mol. The van der Waals surface area contributed by atoms with Gasteiger partial charge in [0.05, 0.1) is 16.2 Å². The number of urea groups is 1. The first kappa shape index (κ1) is 19.0. The molecular weight excluding hydrogens is 340 g/mol. The van der Waals surface area contributed by atoms with Gasteiger partial charge in [-0.2, -0.15) is 0 Å². The molecule has 0 radical (unpaired) electrons. The maximum Gasteiger partial charge on any atom is 0.321 e. The molecule has 2 rings (SSSR count). The molecule has 0 aliphatic rings. The number of fused-ring (bicyclic) bond motifs is 1. The van der Waals surface area contributed by atoms with Crippen molar-refractivity contribution >= 4 is 34.6 Å². The molecule has 0 unspecified atom stereocenters. The van der Waals surface area contributed by atoms with Gasteiger partial charge in [0.15, 0.2) is 5.16 Å². The first-order valence-corrected chi connectivity index (χ1v) is 8.90. The second-order valence-electron chi connectivity index (χ2n) is 6.05. The Morgan fingerprint density at radius 1 is 1.24 bits per heavy atom. The molecule has 1 aromatic heterocycles. The standard InChI is InChI=1S/C17H22N4O3S/c1-10(2)9-21-15(23)12-7-5-6-8-13(12)19-17(21)25-11(3)14(22)20-16(24)18-4/h5-8,10-11H,9H2,1-4H3,(H2,18,20,22,24)/t11-/m0/s1. The number of amides is 3. The summed E-state index contributed by atoms with van der Waals surface area (Å²) in [4.78, 5) is 40.7. The monoisotopic (exact) mass is 362 g/mol. The number of para-hydroxylation sites is 1. The minimum atomic E-state index is -0.580. The van der Waals surface area contributed by atoms with E-state index in [2.05, 4.69) is 15.6 Å². The van der Waals surface area contributed by atoms with Gasteiger partial charge in [-0.1, -0.05) is 37.7 Å². The van der Waals surface area contributed by atoms with E-state index in [1.807, 2.05) is 19.9 Å². The van der Waals surface area contributed by atoms with Gasteiger partial charge >= 0.3 is 6.03 Å². The van der Waals surface area contributed by atoms with E-state index in [-0.39, 0.29) is 11.5 Å². The maximum atomic E-state index is 12.8. The Morgan fingerprint density at radius 3 is 2.56 bits per heavy atom. The van der Waals surface area contributed by atoms with Crippen molar-refractivity contribution in [2.75, 3.05) is 7.05 Å². The highest BCUT2D eigenvalue weighted by Crippen LogP contribution is 2.23. The van der Waals surface area contributed by atoms with E-state index in [0.717, 1.165) is 11.8 Å². The van der Waals surface area contributed by atoms with Crippen LogP contribution in [0.25, 0.3) is 10.9 Å². The maximum absolute atomic E-state index is 12.8.